The maximum absolute atomic E-state index is 6.04. The van der Waals surface area contributed by atoms with Crippen LogP contribution in [0.4, 0.5) is 0 Å². The number of rotatable bonds is 3. The minimum Gasteiger partial charge on any atom is -0.468 e. The first-order valence-electron chi connectivity index (χ1n) is 6.79. The summed E-state index contributed by atoms with van der Waals surface area (Å²) >= 11 is 2.03. The predicted octanol–water partition coefficient (Wildman–Crippen LogP) is 2.98. The highest BCUT2D eigenvalue weighted by molar-refractivity contribution is 7.99. The fourth-order valence-corrected chi connectivity index (χ4v) is 4.38. The second-order valence-corrected chi connectivity index (χ2v) is 6.53. The molecule has 0 aliphatic carbocycles. The van der Waals surface area contributed by atoms with E-state index in [9.17, 15) is 0 Å². The summed E-state index contributed by atoms with van der Waals surface area (Å²) < 4.78 is 11.5. The van der Waals surface area contributed by atoms with Gasteiger partial charge in [0.1, 0.15) is 5.76 Å². The summed E-state index contributed by atoms with van der Waals surface area (Å²) in [5, 5.41) is 3.69. The second-order valence-electron chi connectivity index (χ2n) is 5.43. The lowest BCUT2D eigenvalue weighted by Gasteiger charge is -2.39. The van der Waals surface area contributed by atoms with Gasteiger partial charge < -0.3 is 14.5 Å². The molecular formula is C14H21NO2S. The Kier molecular flexibility index (Phi) is 3.68. The first-order valence-corrected chi connectivity index (χ1v) is 7.94. The van der Waals surface area contributed by atoms with Gasteiger partial charge in [0.25, 0.3) is 0 Å². The summed E-state index contributed by atoms with van der Waals surface area (Å²) in [5.74, 6) is 3.44. The summed E-state index contributed by atoms with van der Waals surface area (Å²) in [7, 11) is 0. The average molecular weight is 267 g/mol. The normalized spacial score (nSPS) is 33.9. The molecule has 0 radical (unpaired) electrons. The van der Waals surface area contributed by atoms with E-state index in [1.807, 2.05) is 23.9 Å². The molecule has 0 bridgehead atoms. The second kappa shape index (κ2) is 5.27. The quantitative estimate of drug-likeness (QED) is 0.913. The summed E-state index contributed by atoms with van der Waals surface area (Å²) in [6.45, 7) is 3.06. The number of hydrogen-bond donors (Lipinski definition) is 1. The molecule has 1 spiro atoms. The fraction of sp³-hybridized carbons (Fsp3) is 0.714. The minimum atomic E-state index is 0.156. The Morgan fingerprint density at radius 2 is 2.50 bits per heavy atom. The molecule has 1 aromatic rings. The van der Waals surface area contributed by atoms with Gasteiger partial charge in [0.05, 0.1) is 17.9 Å². The number of nitrogens with one attached hydrogen (secondary N) is 1. The Morgan fingerprint density at radius 1 is 1.56 bits per heavy atom. The zero-order valence-electron chi connectivity index (χ0n) is 10.9. The number of thioether (sulfide) groups is 1. The highest BCUT2D eigenvalue weighted by Crippen LogP contribution is 2.38. The zero-order valence-corrected chi connectivity index (χ0v) is 11.7. The third-order valence-electron chi connectivity index (χ3n) is 4.02. The van der Waals surface area contributed by atoms with E-state index < -0.39 is 0 Å². The molecule has 0 saturated carbocycles. The van der Waals surface area contributed by atoms with E-state index in [2.05, 4.69) is 12.2 Å². The predicted molar refractivity (Wildman–Crippen MR) is 73.9 cm³/mol. The van der Waals surface area contributed by atoms with Crippen LogP contribution in [0.15, 0.2) is 22.8 Å². The molecule has 1 N–H and O–H groups in total. The molecule has 2 unspecified atom stereocenters. The summed E-state index contributed by atoms with van der Waals surface area (Å²) in [6.07, 6.45) is 5.21. The third-order valence-corrected chi connectivity index (χ3v) is 5.24. The first-order chi connectivity index (χ1) is 8.77. The Balaban J connectivity index is 1.59. The van der Waals surface area contributed by atoms with Crippen molar-refractivity contribution in [1.82, 2.24) is 5.32 Å². The van der Waals surface area contributed by atoms with Crippen LogP contribution in [-0.2, 0) is 4.74 Å². The van der Waals surface area contributed by atoms with E-state index in [0.717, 1.165) is 25.2 Å². The van der Waals surface area contributed by atoms with Gasteiger partial charge in [-0.25, -0.2) is 0 Å². The maximum Gasteiger partial charge on any atom is 0.120 e. The van der Waals surface area contributed by atoms with E-state index in [1.54, 1.807) is 6.26 Å². The maximum atomic E-state index is 6.04. The average Bonchev–Trinajstić information content (AvgIpc) is 3.01. The van der Waals surface area contributed by atoms with E-state index >= 15 is 0 Å². The standard InChI is InChI=1S/C14H21NO2S/c1-11(13-3-2-6-16-13)15-12-4-7-17-14(9-12)5-8-18-10-14/h2-3,6,11-12,15H,4-5,7-10H2,1H3/t11-,12?,14?/m0/s1. The molecule has 3 rings (SSSR count). The Hall–Kier alpha value is -0.450. The topological polar surface area (TPSA) is 34.4 Å². The minimum absolute atomic E-state index is 0.156. The van der Waals surface area contributed by atoms with Gasteiger partial charge in [-0.2, -0.15) is 11.8 Å². The summed E-state index contributed by atoms with van der Waals surface area (Å²) in [6, 6.07) is 4.83. The van der Waals surface area contributed by atoms with Gasteiger partial charge in [-0.15, -0.1) is 0 Å². The lowest BCUT2D eigenvalue weighted by atomic mass is 9.89. The molecule has 0 aromatic carbocycles. The molecule has 3 atom stereocenters. The summed E-state index contributed by atoms with van der Waals surface area (Å²) in [5.41, 5.74) is 0.156. The van der Waals surface area contributed by atoms with Gasteiger partial charge in [0.2, 0.25) is 0 Å². The Labute approximate surface area is 113 Å². The number of furan rings is 1. The molecule has 2 saturated heterocycles. The van der Waals surface area contributed by atoms with Gasteiger partial charge in [-0.1, -0.05) is 0 Å². The van der Waals surface area contributed by atoms with E-state index in [-0.39, 0.29) is 11.6 Å². The van der Waals surface area contributed by atoms with E-state index in [0.29, 0.717) is 6.04 Å². The zero-order chi connectivity index (χ0) is 12.4. The van der Waals surface area contributed by atoms with Crippen LogP contribution in [0.2, 0.25) is 0 Å². The molecule has 3 heterocycles. The summed E-state index contributed by atoms with van der Waals surface area (Å²) in [4.78, 5) is 0. The van der Waals surface area contributed by atoms with Gasteiger partial charge in [0, 0.05) is 18.4 Å². The number of hydrogen-bond acceptors (Lipinski definition) is 4. The van der Waals surface area contributed by atoms with E-state index in [4.69, 9.17) is 9.15 Å². The van der Waals surface area contributed by atoms with Gasteiger partial charge in [-0.05, 0) is 44.1 Å². The van der Waals surface area contributed by atoms with Gasteiger partial charge in [0.15, 0.2) is 0 Å². The van der Waals surface area contributed by atoms with Crippen LogP contribution < -0.4 is 5.32 Å². The molecule has 3 nitrogen and oxygen atoms in total. The fourth-order valence-electron chi connectivity index (χ4n) is 3.01. The highest BCUT2D eigenvalue weighted by Gasteiger charge is 2.40. The molecule has 100 valence electrons. The first kappa shape index (κ1) is 12.6. The van der Waals surface area contributed by atoms with Crippen molar-refractivity contribution < 1.29 is 9.15 Å². The van der Waals surface area contributed by atoms with Crippen molar-refractivity contribution in [3.63, 3.8) is 0 Å². The lowest BCUT2D eigenvalue weighted by molar-refractivity contribution is -0.0714. The van der Waals surface area contributed by atoms with Crippen LogP contribution in [-0.4, -0.2) is 29.8 Å². The van der Waals surface area contributed by atoms with Crippen LogP contribution in [0.1, 0.15) is 38.0 Å². The molecule has 4 heteroatoms. The van der Waals surface area contributed by atoms with Crippen molar-refractivity contribution in [3.8, 4) is 0 Å². The SMILES string of the molecule is C[C@H](NC1CCOC2(CCSC2)C1)c1ccco1. The Bertz CT molecular complexity index is 373. The molecule has 1 aromatic heterocycles. The van der Waals surface area contributed by atoms with E-state index in [1.165, 1.54) is 17.9 Å². The van der Waals surface area contributed by atoms with Crippen LogP contribution >= 0.6 is 11.8 Å². The molecule has 2 fully saturated rings. The Morgan fingerprint density at radius 3 is 3.22 bits per heavy atom. The van der Waals surface area contributed by atoms with Crippen molar-refractivity contribution in [2.45, 2.75) is 43.9 Å². The smallest absolute Gasteiger partial charge is 0.120 e. The largest absolute Gasteiger partial charge is 0.468 e. The third kappa shape index (κ3) is 2.60. The molecule has 0 amide bonds. The van der Waals surface area contributed by atoms with Crippen molar-refractivity contribution in [3.05, 3.63) is 24.2 Å². The molecule has 2 aliphatic heterocycles. The lowest BCUT2D eigenvalue weighted by Crippen LogP contribution is -2.47. The van der Waals surface area contributed by atoms with Crippen molar-refractivity contribution in [1.29, 1.82) is 0 Å². The molecule has 2 aliphatic rings. The van der Waals surface area contributed by atoms with Crippen LogP contribution in [0, 0.1) is 0 Å². The van der Waals surface area contributed by atoms with Crippen LogP contribution in [0.25, 0.3) is 0 Å². The van der Waals surface area contributed by atoms with Crippen molar-refractivity contribution in [2.75, 3.05) is 18.1 Å². The van der Waals surface area contributed by atoms with Gasteiger partial charge in [-0.3, -0.25) is 0 Å². The molecule has 18 heavy (non-hydrogen) atoms. The molecular weight excluding hydrogens is 246 g/mol. The van der Waals surface area contributed by atoms with Crippen molar-refractivity contribution >= 4 is 11.8 Å². The highest BCUT2D eigenvalue weighted by atomic mass is 32.2. The monoisotopic (exact) mass is 267 g/mol. The van der Waals surface area contributed by atoms with Crippen molar-refractivity contribution in [2.24, 2.45) is 0 Å². The van der Waals surface area contributed by atoms with Gasteiger partial charge >= 0.3 is 0 Å². The van der Waals surface area contributed by atoms with Crippen LogP contribution in [0.3, 0.4) is 0 Å². The van der Waals surface area contributed by atoms with Crippen LogP contribution in [0.5, 0.6) is 0 Å². The number of ether oxygens (including phenoxy) is 1.